The molecule has 0 saturated carbocycles. The van der Waals surface area contributed by atoms with Crippen molar-refractivity contribution in [2.24, 2.45) is 0 Å². The predicted octanol–water partition coefficient (Wildman–Crippen LogP) is 4.97. The second-order valence-electron chi connectivity index (χ2n) is 5.35. The van der Waals surface area contributed by atoms with Gasteiger partial charge in [-0.05, 0) is 27.8 Å². The van der Waals surface area contributed by atoms with Gasteiger partial charge in [-0.2, -0.15) is 0 Å². The third kappa shape index (κ3) is 2.16. The average molecular weight is 272 g/mol. The van der Waals surface area contributed by atoms with E-state index in [0.717, 1.165) is 0 Å². The van der Waals surface area contributed by atoms with Crippen molar-refractivity contribution >= 4 is 0 Å². The van der Waals surface area contributed by atoms with Crippen molar-refractivity contribution in [3.63, 3.8) is 0 Å². The van der Waals surface area contributed by atoms with Gasteiger partial charge in [0.15, 0.2) is 0 Å². The Labute approximate surface area is 124 Å². The third-order valence-electron chi connectivity index (χ3n) is 4.04. The van der Waals surface area contributed by atoms with E-state index in [2.05, 4.69) is 72.8 Å². The summed E-state index contributed by atoms with van der Waals surface area (Å²) >= 11 is 0. The van der Waals surface area contributed by atoms with Crippen LogP contribution in [0.15, 0.2) is 78.9 Å². The Balaban J connectivity index is 1.69. The van der Waals surface area contributed by atoms with Crippen LogP contribution in [0.25, 0.3) is 11.1 Å². The minimum atomic E-state index is 0.0395. The lowest BCUT2D eigenvalue weighted by atomic mass is 10.1. The van der Waals surface area contributed by atoms with Crippen LogP contribution in [-0.2, 0) is 11.3 Å². The summed E-state index contributed by atoms with van der Waals surface area (Å²) in [5.74, 6) is 0. The van der Waals surface area contributed by atoms with E-state index in [9.17, 15) is 0 Å². The second-order valence-corrected chi connectivity index (χ2v) is 5.35. The summed E-state index contributed by atoms with van der Waals surface area (Å²) < 4.78 is 6.24. The molecule has 102 valence electrons. The summed E-state index contributed by atoms with van der Waals surface area (Å²) in [4.78, 5) is 0. The van der Waals surface area contributed by atoms with Gasteiger partial charge in [-0.15, -0.1) is 0 Å². The first-order chi connectivity index (χ1) is 10.4. The molecule has 0 saturated heterocycles. The molecule has 1 aliphatic carbocycles. The van der Waals surface area contributed by atoms with E-state index in [1.807, 2.05) is 6.07 Å². The molecule has 0 aromatic heterocycles. The Morgan fingerprint density at radius 1 is 0.619 bits per heavy atom. The van der Waals surface area contributed by atoms with Crippen LogP contribution >= 0.6 is 0 Å². The fourth-order valence-electron chi connectivity index (χ4n) is 3.04. The summed E-state index contributed by atoms with van der Waals surface area (Å²) in [5, 5.41) is 0. The van der Waals surface area contributed by atoms with E-state index in [1.54, 1.807) is 0 Å². The quantitative estimate of drug-likeness (QED) is 0.654. The smallest absolute Gasteiger partial charge is 0.109 e. The van der Waals surface area contributed by atoms with Crippen LogP contribution in [0.4, 0.5) is 0 Å². The zero-order valence-corrected chi connectivity index (χ0v) is 11.7. The van der Waals surface area contributed by atoms with Crippen LogP contribution in [0.5, 0.6) is 0 Å². The molecule has 0 N–H and O–H groups in total. The van der Waals surface area contributed by atoms with E-state index in [-0.39, 0.29) is 6.10 Å². The molecule has 0 unspecified atom stereocenters. The van der Waals surface area contributed by atoms with E-state index in [0.29, 0.717) is 6.61 Å². The molecule has 3 aromatic carbocycles. The lowest BCUT2D eigenvalue weighted by molar-refractivity contribution is 0.0696. The van der Waals surface area contributed by atoms with E-state index < -0.39 is 0 Å². The van der Waals surface area contributed by atoms with Crippen LogP contribution in [0.2, 0.25) is 0 Å². The van der Waals surface area contributed by atoms with Gasteiger partial charge in [-0.1, -0.05) is 78.9 Å². The fraction of sp³-hybridized carbons (Fsp3) is 0.100. The van der Waals surface area contributed by atoms with Crippen molar-refractivity contribution in [3.05, 3.63) is 95.6 Å². The van der Waals surface area contributed by atoms with Gasteiger partial charge in [0.1, 0.15) is 6.10 Å². The Kier molecular flexibility index (Phi) is 3.06. The van der Waals surface area contributed by atoms with Crippen molar-refractivity contribution in [3.8, 4) is 11.1 Å². The number of ether oxygens (including phenoxy) is 1. The maximum Gasteiger partial charge on any atom is 0.109 e. The van der Waals surface area contributed by atoms with Crippen molar-refractivity contribution < 1.29 is 4.74 Å². The van der Waals surface area contributed by atoms with E-state index in [4.69, 9.17) is 4.74 Å². The van der Waals surface area contributed by atoms with Crippen LogP contribution in [0, 0.1) is 0 Å². The van der Waals surface area contributed by atoms with Gasteiger partial charge in [0.05, 0.1) is 6.61 Å². The Bertz CT molecular complexity index is 716. The van der Waals surface area contributed by atoms with Crippen molar-refractivity contribution in [1.82, 2.24) is 0 Å². The van der Waals surface area contributed by atoms with Gasteiger partial charge >= 0.3 is 0 Å². The molecule has 1 aliphatic rings. The molecule has 1 heteroatoms. The number of fused-ring (bicyclic) bond motifs is 3. The zero-order valence-electron chi connectivity index (χ0n) is 11.7. The first-order valence-electron chi connectivity index (χ1n) is 7.27. The number of benzene rings is 3. The summed E-state index contributed by atoms with van der Waals surface area (Å²) in [5.41, 5.74) is 6.35. The summed E-state index contributed by atoms with van der Waals surface area (Å²) in [6.45, 7) is 0.633. The monoisotopic (exact) mass is 272 g/mol. The Morgan fingerprint density at radius 3 is 1.76 bits per heavy atom. The SMILES string of the molecule is c1ccc(COC2c3ccccc3-c3ccccc32)cc1. The molecular weight excluding hydrogens is 256 g/mol. The summed E-state index contributed by atoms with van der Waals surface area (Å²) in [6.07, 6.45) is 0.0395. The van der Waals surface area contributed by atoms with Crippen LogP contribution in [0.1, 0.15) is 22.8 Å². The first kappa shape index (κ1) is 12.4. The molecule has 0 aliphatic heterocycles. The number of hydrogen-bond acceptors (Lipinski definition) is 1. The topological polar surface area (TPSA) is 9.23 Å². The minimum absolute atomic E-state index is 0.0395. The highest BCUT2D eigenvalue weighted by molar-refractivity contribution is 5.78. The number of rotatable bonds is 3. The van der Waals surface area contributed by atoms with Gasteiger partial charge in [0.25, 0.3) is 0 Å². The lowest BCUT2D eigenvalue weighted by Gasteiger charge is -2.15. The molecule has 4 rings (SSSR count). The molecule has 1 nitrogen and oxygen atoms in total. The van der Waals surface area contributed by atoms with Gasteiger partial charge < -0.3 is 4.74 Å². The molecule has 0 amide bonds. The highest BCUT2D eigenvalue weighted by Gasteiger charge is 2.28. The zero-order chi connectivity index (χ0) is 14.1. The minimum Gasteiger partial charge on any atom is -0.364 e. The molecule has 0 spiro atoms. The van der Waals surface area contributed by atoms with E-state index in [1.165, 1.54) is 27.8 Å². The molecule has 0 heterocycles. The normalized spacial score (nSPS) is 13.0. The van der Waals surface area contributed by atoms with Crippen LogP contribution in [-0.4, -0.2) is 0 Å². The molecular formula is C20H16O. The second kappa shape index (κ2) is 5.19. The molecule has 3 aromatic rings. The molecule has 0 fully saturated rings. The molecule has 0 radical (unpaired) electrons. The average Bonchev–Trinajstić information content (AvgIpc) is 2.88. The maximum absolute atomic E-state index is 6.24. The summed E-state index contributed by atoms with van der Waals surface area (Å²) in [7, 11) is 0. The largest absolute Gasteiger partial charge is 0.364 e. The third-order valence-corrected chi connectivity index (χ3v) is 4.04. The molecule has 0 bridgehead atoms. The van der Waals surface area contributed by atoms with Gasteiger partial charge in [-0.25, -0.2) is 0 Å². The summed E-state index contributed by atoms with van der Waals surface area (Å²) in [6, 6.07) is 27.4. The van der Waals surface area contributed by atoms with Crippen molar-refractivity contribution in [2.45, 2.75) is 12.7 Å². The van der Waals surface area contributed by atoms with Crippen LogP contribution < -0.4 is 0 Å². The lowest BCUT2D eigenvalue weighted by Crippen LogP contribution is -2.02. The Hall–Kier alpha value is -2.38. The Morgan fingerprint density at radius 2 is 1.14 bits per heavy atom. The maximum atomic E-state index is 6.24. The van der Waals surface area contributed by atoms with Gasteiger partial charge in [0.2, 0.25) is 0 Å². The van der Waals surface area contributed by atoms with Crippen molar-refractivity contribution in [2.75, 3.05) is 0 Å². The number of hydrogen-bond donors (Lipinski definition) is 0. The van der Waals surface area contributed by atoms with Gasteiger partial charge in [-0.3, -0.25) is 0 Å². The standard InChI is InChI=1S/C20H16O/c1-2-8-15(9-3-1)14-21-20-18-12-6-4-10-16(18)17-11-5-7-13-19(17)20/h1-13,20H,14H2. The van der Waals surface area contributed by atoms with Crippen LogP contribution in [0.3, 0.4) is 0 Å². The van der Waals surface area contributed by atoms with E-state index >= 15 is 0 Å². The predicted molar refractivity (Wildman–Crippen MR) is 85.0 cm³/mol. The molecule has 0 atom stereocenters. The first-order valence-corrected chi connectivity index (χ1v) is 7.27. The highest BCUT2D eigenvalue weighted by Crippen LogP contribution is 2.45. The van der Waals surface area contributed by atoms with Crippen molar-refractivity contribution in [1.29, 1.82) is 0 Å². The highest BCUT2D eigenvalue weighted by atomic mass is 16.5. The molecule has 21 heavy (non-hydrogen) atoms. The fourth-order valence-corrected chi connectivity index (χ4v) is 3.04. The van der Waals surface area contributed by atoms with Gasteiger partial charge in [0, 0.05) is 0 Å².